The Labute approximate surface area is 124 Å². The van der Waals surface area contributed by atoms with Gasteiger partial charge in [-0.25, -0.2) is 4.39 Å². The maximum absolute atomic E-state index is 13.9. The van der Waals surface area contributed by atoms with Crippen LogP contribution in [0.1, 0.15) is 22.3 Å². The highest BCUT2D eigenvalue weighted by Crippen LogP contribution is 2.18. The van der Waals surface area contributed by atoms with Crippen molar-refractivity contribution in [1.82, 2.24) is 9.80 Å². The summed E-state index contributed by atoms with van der Waals surface area (Å²) in [6.07, 6.45) is 0.932. The van der Waals surface area contributed by atoms with Crippen molar-refractivity contribution in [2.24, 2.45) is 0 Å². The highest BCUT2D eigenvalue weighted by atomic mass is 19.1. The second-order valence-corrected chi connectivity index (χ2v) is 5.31. The summed E-state index contributed by atoms with van der Waals surface area (Å²) in [5.41, 5.74) is 0.523. The number of likely N-dealkylation sites (tertiary alicyclic amines) is 1. The zero-order valence-electron chi connectivity index (χ0n) is 12.3. The van der Waals surface area contributed by atoms with Crippen molar-refractivity contribution in [2.75, 3.05) is 33.8 Å². The van der Waals surface area contributed by atoms with Crippen LogP contribution in [0.5, 0.6) is 0 Å². The molecule has 1 aliphatic rings. The normalized spacial score (nSPS) is 17.8. The van der Waals surface area contributed by atoms with Crippen LogP contribution in [-0.2, 0) is 0 Å². The van der Waals surface area contributed by atoms with Crippen molar-refractivity contribution in [3.63, 3.8) is 0 Å². The van der Waals surface area contributed by atoms with Gasteiger partial charge in [-0.05, 0) is 38.7 Å². The predicted octanol–water partition coefficient (Wildman–Crippen LogP) is 0.946. The average molecular weight is 290 g/mol. The van der Waals surface area contributed by atoms with E-state index in [0.29, 0.717) is 24.7 Å². The number of aliphatic hydroxyl groups is 1. The second kappa shape index (κ2) is 6.70. The summed E-state index contributed by atoms with van der Waals surface area (Å²) in [6, 6.07) is 4.63. The molecule has 112 valence electrons. The smallest absolute Gasteiger partial charge is 0.254 e. The van der Waals surface area contributed by atoms with Crippen LogP contribution in [0.4, 0.5) is 4.39 Å². The van der Waals surface area contributed by atoms with Crippen molar-refractivity contribution in [3.05, 3.63) is 35.1 Å². The molecule has 4 nitrogen and oxygen atoms in total. The molecule has 1 N–H and O–H groups in total. The number of rotatable bonds is 2. The predicted molar refractivity (Wildman–Crippen MR) is 78.4 cm³/mol. The number of hydrogen-bond donors (Lipinski definition) is 1. The number of aliphatic hydroxyl groups excluding tert-OH is 1. The van der Waals surface area contributed by atoms with Crippen LogP contribution >= 0.6 is 0 Å². The minimum Gasteiger partial charge on any atom is -0.384 e. The highest BCUT2D eigenvalue weighted by Gasteiger charge is 2.28. The molecule has 1 aliphatic heterocycles. The first-order chi connectivity index (χ1) is 10.0. The molecule has 1 amide bonds. The molecule has 2 rings (SSSR count). The average Bonchev–Trinajstić information content (AvgIpc) is 2.95. The van der Waals surface area contributed by atoms with E-state index in [9.17, 15) is 9.18 Å². The van der Waals surface area contributed by atoms with E-state index in [-0.39, 0.29) is 18.1 Å². The van der Waals surface area contributed by atoms with Crippen molar-refractivity contribution in [1.29, 1.82) is 0 Å². The number of likely N-dealkylation sites (N-methyl/N-ethyl adjacent to an activating group) is 1. The number of halogens is 1. The first kappa shape index (κ1) is 15.5. The lowest BCUT2D eigenvalue weighted by molar-refractivity contribution is 0.0782. The van der Waals surface area contributed by atoms with Crippen LogP contribution < -0.4 is 0 Å². The summed E-state index contributed by atoms with van der Waals surface area (Å²) < 4.78 is 13.9. The number of nitrogens with zero attached hydrogens (tertiary/aromatic N) is 2. The summed E-state index contributed by atoms with van der Waals surface area (Å²) in [4.78, 5) is 16.2. The number of amides is 1. The van der Waals surface area contributed by atoms with Crippen LogP contribution in [-0.4, -0.2) is 60.6 Å². The maximum atomic E-state index is 13.9. The van der Waals surface area contributed by atoms with Gasteiger partial charge in [0.25, 0.3) is 5.91 Å². The van der Waals surface area contributed by atoms with Crippen molar-refractivity contribution in [3.8, 4) is 11.8 Å². The molecule has 0 saturated carbocycles. The van der Waals surface area contributed by atoms with Gasteiger partial charge in [-0.15, -0.1) is 0 Å². The van der Waals surface area contributed by atoms with E-state index < -0.39 is 5.82 Å². The van der Waals surface area contributed by atoms with Gasteiger partial charge in [0.1, 0.15) is 12.4 Å². The van der Waals surface area contributed by atoms with Gasteiger partial charge in [0.15, 0.2) is 0 Å². The van der Waals surface area contributed by atoms with E-state index >= 15 is 0 Å². The molecule has 1 heterocycles. The minimum atomic E-state index is -0.537. The fraction of sp³-hybridized carbons (Fsp3) is 0.438. The van der Waals surface area contributed by atoms with Gasteiger partial charge in [-0.2, -0.15) is 0 Å². The zero-order valence-corrected chi connectivity index (χ0v) is 12.3. The maximum Gasteiger partial charge on any atom is 0.254 e. The highest BCUT2D eigenvalue weighted by molar-refractivity contribution is 5.94. The zero-order chi connectivity index (χ0) is 15.4. The van der Waals surface area contributed by atoms with Crippen LogP contribution in [0.15, 0.2) is 18.2 Å². The number of carbonyl (C=O) groups is 1. The summed E-state index contributed by atoms with van der Waals surface area (Å²) in [5.74, 6) is 4.22. The third-order valence-corrected chi connectivity index (χ3v) is 3.70. The van der Waals surface area contributed by atoms with Gasteiger partial charge >= 0.3 is 0 Å². The largest absolute Gasteiger partial charge is 0.384 e. The van der Waals surface area contributed by atoms with Gasteiger partial charge in [-0.3, -0.25) is 4.79 Å². The lowest BCUT2D eigenvalue weighted by atomic mass is 10.1. The summed E-state index contributed by atoms with van der Waals surface area (Å²) >= 11 is 0. The summed E-state index contributed by atoms with van der Waals surface area (Å²) in [5, 5.41) is 8.61. The van der Waals surface area contributed by atoms with Crippen molar-refractivity contribution < 1.29 is 14.3 Å². The number of hydrogen-bond acceptors (Lipinski definition) is 3. The van der Waals surface area contributed by atoms with E-state index in [4.69, 9.17) is 5.11 Å². The van der Waals surface area contributed by atoms with Crippen LogP contribution in [0, 0.1) is 17.7 Å². The lowest BCUT2D eigenvalue weighted by Gasteiger charge is -2.20. The van der Waals surface area contributed by atoms with E-state index in [0.717, 1.165) is 6.42 Å². The molecule has 1 unspecified atom stereocenters. The van der Waals surface area contributed by atoms with Gasteiger partial charge in [0.05, 0.1) is 5.56 Å². The molecule has 0 spiro atoms. The third kappa shape index (κ3) is 3.60. The molecule has 1 fully saturated rings. The van der Waals surface area contributed by atoms with Crippen LogP contribution in [0.3, 0.4) is 0 Å². The lowest BCUT2D eigenvalue weighted by Crippen LogP contribution is -2.34. The molecule has 0 aromatic heterocycles. The third-order valence-electron chi connectivity index (χ3n) is 3.70. The Balaban J connectivity index is 2.12. The topological polar surface area (TPSA) is 43.8 Å². The minimum absolute atomic E-state index is 0.153. The molecular formula is C16H19FN2O2. The Morgan fingerprint density at radius 3 is 2.86 bits per heavy atom. The molecule has 1 aromatic rings. The quantitative estimate of drug-likeness (QED) is 0.825. The van der Waals surface area contributed by atoms with Crippen molar-refractivity contribution in [2.45, 2.75) is 12.5 Å². The Morgan fingerprint density at radius 1 is 1.52 bits per heavy atom. The monoisotopic (exact) mass is 290 g/mol. The number of benzene rings is 1. The molecule has 0 radical (unpaired) electrons. The van der Waals surface area contributed by atoms with Gasteiger partial charge in [0, 0.05) is 24.7 Å². The molecule has 0 bridgehead atoms. The SMILES string of the molecule is CN(C)C1CCN(C(=O)c2ccc(C#CCO)c(F)c2)C1. The van der Waals surface area contributed by atoms with E-state index in [1.807, 2.05) is 14.1 Å². The Morgan fingerprint density at radius 2 is 2.29 bits per heavy atom. The standard InChI is InChI=1S/C16H19FN2O2/c1-18(2)14-7-8-19(11-14)16(21)13-6-5-12(4-3-9-20)15(17)10-13/h5-6,10,14,20H,7-9,11H2,1-2H3. The van der Waals surface area contributed by atoms with Gasteiger partial charge in [-0.1, -0.05) is 11.8 Å². The van der Waals surface area contributed by atoms with Crippen molar-refractivity contribution >= 4 is 5.91 Å². The fourth-order valence-electron chi connectivity index (χ4n) is 2.41. The Bertz CT molecular complexity index is 590. The molecule has 5 heteroatoms. The Kier molecular flexibility index (Phi) is 4.94. The van der Waals surface area contributed by atoms with E-state index in [1.165, 1.54) is 12.1 Å². The molecule has 1 atom stereocenters. The number of carbonyl (C=O) groups excluding carboxylic acids is 1. The summed E-state index contributed by atoms with van der Waals surface area (Å²) in [7, 11) is 3.99. The van der Waals surface area contributed by atoms with E-state index in [2.05, 4.69) is 16.7 Å². The van der Waals surface area contributed by atoms with Crippen LogP contribution in [0.2, 0.25) is 0 Å². The molecular weight excluding hydrogens is 271 g/mol. The fourth-order valence-corrected chi connectivity index (χ4v) is 2.41. The molecule has 0 aliphatic carbocycles. The van der Waals surface area contributed by atoms with Gasteiger partial charge in [0.2, 0.25) is 0 Å². The first-order valence-corrected chi connectivity index (χ1v) is 6.88. The van der Waals surface area contributed by atoms with Crippen LogP contribution in [0.25, 0.3) is 0 Å². The second-order valence-electron chi connectivity index (χ2n) is 5.31. The first-order valence-electron chi connectivity index (χ1n) is 6.88. The molecule has 1 aromatic carbocycles. The molecule has 21 heavy (non-hydrogen) atoms. The van der Waals surface area contributed by atoms with Gasteiger partial charge < -0.3 is 14.9 Å². The molecule has 1 saturated heterocycles. The Hall–Kier alpha value is -1.90. The summed E-state index contributed by atoms with van der Waals surface area (Å²) in [6.45, 7) is 1.04. The van der Waals surface area contributed by atoms with E-state index in [1.54, 1.807) is 11.0 Å².